The van der Waals surface area contributed by atoms with Crippen molar-refractivity contribution in [1.29, 1.82) is 0 Å². The smallest absolute Gasteiger partial charge is 0.166 e. The van der Waals surface area contributed by atoms with Crippen molar-refractivity contribution >= 4 is 17.3 Å². The molecular formula is C32H39N3O3S. The van der Waals surface area contributed by atoms with Crippen LogP contribution in [0.3, 0.4) is 0 Å². The normalized spacial score (nSPS) is 22.5. The van der Waals surface area contributed by atoms with E-state index in [2.05, 4.69) is 82.3 Å². The number of methoxy groups -OCH3 is 3. The van der Waals surface area contributed by atoms with E-state index in [1.807, 2.05) is 6.07 Å². The van der Waals surface area contributed by atoms with Crippen molar-refractivity contribution in [2.24, 2.45) is 0 Å². The van der Waals surface area contributed by atoms with Crippen molar-refractivity contribution in [2.45, 2.75) is 56.3 Å². The molecule has 39 heavy (non-hydrogen) atoms. The second-order valence-corrected chi connectivity index (χ2v) is 11.0. The lowest BCUT2D eigenvalue weighted by atomic mass is 9.65. The number of rotatable bonds is 9. The third-order valence-corrected chi connectivity index (χ3v) is 8.77. The predicted octanol–water partition coefficient (Wildman–Crippen LogP) is 5.44. The van der Waals surface area contributed by atoms with E-state index in [4.69, 9.17) is 26.4 Å². The Kier molecular flexibility index (Phi) is 8.58. The van der Waals surface area contributed by atoms with Crippen LogP contribution in [-0.2, 0) is 18.5 Å². The largest absolute Gasteiger partial charge is 0.497 e. The van der Waals surface area contributed by atoms with Crippen molar-refractivity contribution in [2.75, 3.05) is 27.9 Å². The molecule has 0 bridgehead atoms. The van der Waals surface area contributed by atoms with Crippen molar-refractivity contribution in [3.63, 3.8) is 0 Å². The summed E-state index contributed by atoms with van der Waals surface area (Å²) in [5.41, 5.74) is 3.92. The van der Waals surface area contributed by atoms with Gasteiger partial charge in [-0.2, -0.15) is 0 Å². The highest BCUT2D eigenvalue weighted by atomic mass is 32.1. The zero-order chi connectivity index (χ0) is 27.2. The number of benzene rings is 3. The molecule has 2 fully saturated rings. The van der Waals surface area contributed by atoms with E-state index in [9.17, 15) is 0 Å². The number of ether oxygens (including phenoxy) is 3. The summed E-state index contributed by atoms with van der Waals surface area (Å²) < 4.78 is 16.6. The number of nitrogens with one attached hydrogen (secondary N) is 2. The van der Waals surface area contributed by atoms with Gasteiger partial charge in [0.25, 0.3) is 0 Å². The molecule has 1 aliphatic carbocycles. The van der Waals surface area contributed by atoms with Gasteiger partial charge in [-0.15, -0.1) is 0 Å². The molecule has 2 N–H and O–H groups in total. The van der Waals surface area contributed by atoms with E-state index < -0.39 is 0 Å². The summed E-state index contributed by atoms with van der Waals surface area (Å²) in [5, 5.41) is 7.77. The van der Waals surface area contributed by atoms with Gasteiger partial charge in [0, 0.05) is 30.6 Å². The van der Waals surface area contributed by atoms with Crippen LogP contribution in [0.1, 0.15) is 42.4 Å². The monoisotopic (exact) mass is 545 g/mol. The zero-order valence-electron chi connectivity index (χ0n) is 23.1. The fourth-order valence-electron chi connectivity index (χ4n) is 6.43. The molecule has 2 aliphatic rings. The van der Waals surface area contributed by atoms with E-state index in [1.165, 1.54) is 16.7 Å². The standard InChI is InChI=1S/C32H39N3O3S/c1-36-27-12-9-24(10-13-27)22-35-18-17-32(25-11-14-28(37-2)29(19-25)38-3)16-15-26(20-30(32)35)34-31(39)33-21-23-7-5-4-6-8-23/h4-14,19,26,30H,15-18,20-22H2,1-3H3,(H2,33,34,39)/t26-,30+,32+/m1/s1. The first kappa shape index (κ1) is 27.3. The van der Waals surface area contributed by atoms with Crippen LogP contribution >= 0.6 is 12.2 Å². The van der Waals surface area contributed by atoms with E-state index in [0.717, 1.165) is 67.7 Å². The molecule has 206 valence electrons. The number of hydrogen-bond donors (Lipinski definition) is 2. The molecule has 6 nitrogen and oxygen atoms in total. The Morgan fingerprint density at radius 2 is 1.67 bits per heavy atom. The highest BCUT2D eigenvalue weighted by Crippen LogP contribution is 2.50. The summed E-state index contributed by atoms with van der Waals surface area (Å²) >= 11 is 5.72. The summed E-state index contributed by atoms with van der Waals surface area (Å²) in [7, 11) is 5.11. The fraction of sp³-hybridized carbons (Fsp3) is 0.406. The van der Waals surface area contributed by atoms with E-state index in [1.54, 1.807) is 21.3 Å². The van der Waals surface area contributed by atoms with E-state index >= 15 is 0 Å². The van der Waals surface area contributed by atoms with Crippen LogP contribution in [-0.4, -0.2) is 50.0 Å². The van der Waals surface area contributed by atoms with Crippen LogP contribution in [0.2, 0.25) is 0 Å². The van der Waals surface area contributed by atoms with Crippen molar-refractivity contribution < 1.29 is 14.2 Å². The molecular weight excluding hydrogens is 506 g/mol. The summed E-state index contributed by atoms with van der Waals surface area (Å²) in [5.74, 6) is 2.45. The Morgan fingerprint density at radius 3 is 2.38 bits per heavy atom. The second kappa shape index (κ2) is 12.3. The average Bonchev–Trinajstić information content (AvgIpc) is 3.35. The molecule has 3 aromatic rings. The molecule has 1 saturated heterocycles. The average molecular weight is 546 g/mol. The maximum Gasteiger partial charge on any atom is 0.166 e. The predicted molar refractivity (Wildman–Crippen MR) is 160 cm³/mol. The molecule has 7 heteroatoms. The number of likely N-dealkylation sites (tertiary alicyclic amines) is 1. The second-order valence-electron chi connectivity index (χ2n) is 10.6. The van der Waals surface area contributed by atoms with Gasteiger partial charge in [0.2, 0.25) is 0 Å². The Hall–Kier alpha value is -3.29. The van der Waals surface area contributed by atoms with Gasteiger partial charge in [0.15, 0.2) is 16.6 Å². The molecule has 0 unspecified atom stereocenters. The zero-order valence-corrected chi connectivity index (χ0v) is 23.9. The molecule has 3 atom stereocenters. The molecule has 0 amide bonds. The Balaban J connectivity index is 1.35. The molecule has 0 radical (unpaired) electrons. The maximum atomic E-state index is 5.72. The topological polar surface area (TPSA) is 55.0 Å². The minimum Gasteiger partial charge on any atom is -0.497 e. The van der Waals surface area contributed by atoms with Crippen LogP contribution in [0.5, 0.6) is 17.2 Å². The Labute approximate surface area is 237 Å². The third kappa shape index (κ3) is 5.99. The first-order valence-corrected chi connectivity index (χ1v) is 14.1. The lowest BCUT2D eigenvalue weighted by Gasteiger charge is -2.46. The Morgan fingerprint density at radius 1 is 0.897 bits per heavy atom. The van der Waals surface area contributed by atoms with Gasteiger partial charge in [-0.3, -0.25) is 4.90 Å². The molecule has 5 rings (SSSR count). The first-order valence-electron chi connectivity index (χ1n) is 13.7. The van der Waals surface area contributed by atoms with Crippen LogP contribution < -0.4 is 24.8 Å². The fourth-order valence-corrected chi connectivity index (χ4v) is 6.67. The third-order valence-electron chi connectivity index (χ3n) is 8.50. The SMILES string of the molecule is COc1ccc(CN2CC[C@]3(c4ccc(OC)c(OC)c4)CC[C@@H](NC(=S)NCc4ccccc4)C[C@H]23)cc1. The van der Waals surface area contributed by atoms with Gasteiger partial charge >= 0.3 is 0 Å². The van der Waals surface area contributed by atoms with Crippen LogP contribution in [0.15, 0.2) is 72.8 Å². The summed E-state index contributed by atoms with van der Waals surface area (Å²) in [6.07, 6.45) is 4.30. The van der Waals surface area contributed by atoms with Crippen molar-refractivity contribution in [1.82, 2.24) is 15.5 Å². The maximum absolute atomic E-state index is 5.72. The number of hydrogen-bond acceptors (Lipinski definition) is 5. The molecule has 1 aliphatic heterocycles. The molecule has 0 aromatic heterocycles. The van der Waals surface area contributed by atoms with Gasteiger partial charge < -0.3 is 24.8 Å². The van der Waals surface area contributed by atoms with Crippen molar-refractivity contribution in [3.05, 3.63) is 89.5 Å². The molecule has 1 saturated carbocycles. The summed E-state index contributed by atoms with van der Waals surface area (Å²) in [4.78, 5) is 2.66. The lowest BCUT2D eigenvalue weighted by molar-refractivity contribution is 0.134. The van der Waals surface area contributed by atoms with Gasteiger partial charge in [-0.1, -0.05) is 48.5 Å². The van der Waals surface area contributed by atoms with Crippen molar-refractivity contribution in [3.8, 4) is 17.2 Å². The minimum absolute atomic E-state index is 0.0588. The summed E-state index contributed by atoms with van der Waals surface area (Å²) in [6.45, 7) is 2.68. The highest BCUT2D eigenvalue weighted by molar-refractivity contribution is 7.80. The number of nitrogens with zero attached hydrogens (tertiary/aromatic N) is 1. The number of fused-ring (bicyclic) bond motifs is 1. The molecule has 0 spiro atoms. The van der Waals surface area contributed by atoms with E-state index in [-0.39, 0.29) is 5.41 Å². The highest BCUT2D eigenvalue weighted by Gasteiger charge is 2.51. The molecule has 3 aromatic carbocycles. The number of thiocarbonyl (C=S) groups is 1. The van der Waals surface area contributed by atoms with Crippen LogP contribution in [0.25, 0.3) is 0 Å². The molecule has 1 heterocycles. The lowest BCUT2D eigenvalue weighted by Crippen LogP contribution is -2.53. The Bertz CT molecular complexity index is 1250. The van der Waals surface area contributed by atoms with Gasteiger partial charge in [0.05, 0.1) is 21.3 Å². The van der Waals surface area contributed by atoms with Crippen LogP contribution in [0, 0.1) is 0 Å². The van der Waals surface area contributed by atoms with E-state index in [0.29, 0.717) is 12.1 Å². The van der Waals surface area contributed by atoms with Crippen LogP contribution in [0.4, 0.5) is 0 Å². The van der Waals surface area contributed by atoms with Gasteiger partial charge in [-0.25, -0.2) is 0 Å². The summed E-state index contributed by atoms with van der Waals surface area (Å²) in [6, 6.07) is 26.0. The van der Waals surface area contributed by atoms with Gasteiger partial charge in [-0.05, 0) is 85.4 Å². The minimum atomic E-state index is 0.0588. The first-order chi connectivity index (χ1) is 19.0. The van der Waals surface area contributed by atoms with Gasteiger partial charge in [0.1, 0.15) is 5.75 Å². The quantitative estimate of drug-likeness (QED) is 0.347.